The van der Waals surface area contributed by atoms with E-state index >= 15 is 0 Å². The van der Waals surface area contributed by atoms with Crippen molar-refractivity contribution in [1.82, 2.24) is 5.32 Å². The van der Waals surface area contributed by atoms with Crippen LogP contribution in [0.2, 0.25) is 0 Å². The van der Waals surface area contributed by atoms with Crippen LogP contribution >= 0.6 is 11.8 Å². The first kappa shape index (κ1) is 34.7. The van der Waals surface area contributed by atoms with E-state index in [4.69, 9.17) is 9.47 Å². The Kier molecular flexibility index (Phi) is 11.1. The minimum absolute atomic E-state index is 0.273. The summed E-state index contributed by atoms with van der Waals surface area (Å²) in [4.78, 5) is 13.2. The van der Waals surface area contributed by atoms with Crippen molar-refractivity contribution in [2.24, 2.45) is 0 Å². The number of benzene rings is 6. The minimum atomic E-state index is -0.618. The number of fused-ring (bicyclic) bond motifs is 1. The summed E-state index contributed by atoms with van der Waals surface area (Å²) in [5.74, 6) is 1.37. The molecule has 50 heavy (non-hydrogen) atoms. The van der Waals surface area contributed by atoms with Crippen molar-refractivity contribution >= 4 is 34.3 Å². The lowest BCUT2D eigenvalue weighted by molar-refractivity contribution is 0.0512. The SMILES string of the molecule is CC(C)(C)OC(=O)N[C@H](CNc1cccc(OCc2cccc3ccccc23)c1)CSC(c1ccccc1)(c1ccccc1)c1ccccc1. The van der Waals surface area contributed by atoms with Crippen molar-refractivity contribution in [3.05, 3.63) is 180 Å². The van der Waals surface area contributed by atoms with E-state index in [9.17, 15) is 4.79 Å². The van der Waals surface area contributed by atoms with Crippen LogP contribution in [0.25, 0.3) is 10.8 Å². The molecule has 0 saturated carbocycles. The molecule has 0 heterocycles. The number of thioether (sulfide) groups is 1. The van der Waals surface area contributed by atoms with Crippen molar-refractivity contribution in [3.63, 3.8) is 0 Å². The quantitative estimate of drug-likeness (QED) is 0.119. The van der Waals surface area contributed by atoms with Gasteiger partial charge in [0.15, 0.2) is 0 Å². The first-order valence-electron chi connectivity index (χ1n) is 17.0. The molecule has 254 valence electrons. The molecule has 0 fully saturated rings. The topological polar surface area (TPSA) is 59.6 Å². The highest BCUT2D eigenvalue weighted by molar-refractivity contribution is 8.00. The Morgan fingerprint density at radius 3 is 1.86 bits per heavy atom. The molecule has 2 N–H and O–H groups in total. The number of anilines is 1. The summed E-state index contributed by atoms with van der Waals surface area (Å²) < 4.78 is 11.5. The van der Waals surface area contributed by atoms with Gasteiger partial charge < -0.3 is 20.1 Å². The molecule has 0 saturated heterocycles. The molecule has 0 aromatic heterocycles. The van der Waals surface area contributed by atoms with Gasteiger partial charge in [0, 0.05) is 24.1 Å². The Bertz CT molecular complexity index is 1880. The van der Waals surface area contributed by atoms with Gasteiger partial charge in [0.05, 0.1) is 10.8 Å². The van der Waals surface area contributed by atoms with Crippen molar-refractivity contribution < 1.29 is 14.3 Å². The van der Waals surface area contributed by atoms with Gasteiger partial charge in [-0.15, -0.1) is 11.8 Å². The number of rotatable bonds is 13. The third-order valence-electron chi connectivity index (χ3n) is 8.42. The summed E-state index contributed by atoms with van der Waals surface area (Å²) in [5.41, 5.74) is 4.93. The standard InChI is InChI=1S/C44H44N2O3S/c1-43(2,3)49-42(47)46-39(30-45-38-26-16-27-40(29-38)48-31-34-19-15-18-33-17-13-14-28-41(33)34)32-50-44(35-20-7-4-8-21-35,36-22-9-5-10-23-36)37-24-11-6-12-25-37/h4-29,39,45H,30-32H2,1-3H3,(H,46,47)/t39-/m1/s1. The van der Waals surface area contributed by atoms with Gasteiger partial charge in [-0.05, 0) is 65.9 Å². The molecule has 0 aliphatic heterocycles. The van der Waals surface area contributed by atoms with E-state index in [-0.39, 0.29) is 6.04 Å². The number of carbonyl (C=O) groups excluding carboxylic acids is 1. The van der Waals surface area contributed by atoms with Gasteiger partial charge in [0.25, 0.3) is 0 Å². The van der Waals surface area contributed by atoms with Gasteiger partial charge in [-0.2, -0.15) is 0 Å². The highest BCUT2D eigenvalue weighted by Crippen LogP contribution is 2.48. The van der Waals surface area contributed by atoms with Gasteiger partial charge in [0.1, 0.15) is 18.0 Å². The molecule has 1 atom stereocenters. The number of alkyl carbamates (subject to hydrolysis) is 1. The number of hydrogen-bond donors (Lipinski definition) is 2. The molecule has 6 aromatic rings. The largest absolute Gasteiger partial charge is 0.489 e. The minimum Gasteiger partial charge on any atom is -0.489 e. The first-order valence-corrected chi connectivity index (χ1v) is 18.0. The Morgan fingerprint density at radius 1 is 0.680 bits per heavy atom. The van der Waals surface area contributed by atoms with Crippen LogP contribution in [0.3, 0.4) is 0 Å². The lowest BCUT2D eigenvalue weighted by Crippen LogP contribution is -2.45. The van der Waals surface area contributed by atoms with E-state index in [1.807, 2.05) is 63.2 Å². The Morgan fingerprint density at radius 2 is 1.24 bits per heavy atom. The van der Waals surface area contributed by atoms with Crippen LogP contribution in [-0.2, 0) is 16.1 Å². The number of carbonyl (C=O) groups is 1. The predicted octanol–water partition coefficient (Wildman–Crippen LogP) is 10.4. The van der Waals surface area contributed by atoms with Gasteiger partial charge in [-0.1, -0.05) is 140 Å². The highest BCUT2D eigenvalue weighted by atomic mass is 32.2. The van der Waals surface area contributed by atoms with Crippen LogP contribution in [0.15, 0.2) is 158 Å². The third-order valence-corrected chi connectivity index (χ3v) is 10.1. The zero-order chi connectivity index (χ0) is 34.8. The third kappa shape index (κ3) is 8.68. The summed E-state index contributed by atoms with van der Waals surface area (Å²) in [7, 11) is 0. The first-order chi connectivity index (χ1) is 24.3. The Balaban J connectivity index is 1.24. The lowest BCUT2D eigenvalue weighted by Gasteiger charge is -2.37. The Labute approximate surface area is 300 Å². The second-order valence-corrected chi connectivity index (χ2v) is 14.5. The molecular formula is C44H44N2O3S. The van der Waals surface area contributed by atoms with Gasteiger partial charge >= 0.3 is 6.09 Å². The number of amides is 1. The van der Waals surface area contributed by atoms with Crippen molar-refractivity contribution in [3.8, 4) is 5.75 Å². The molecule has 1 amide bonds. The lowest BCUT2D eigenvalue weighted by atomic mass is 9.84. The average Bonchev–Trinajstić information content (AvgIpc) is 3.14. The van der Waals surface area contributed by atoms with Crippen LogP contribution < -0.4 is 15.4 Å². The maximum Gasteiger partial charge on any atom is 0.407 e. The summed E-state index contributed by atoms with van der Waals surface area (Å²) in [6.07, 6.45) is -0.443. The molecule has 0 aliphatic carbocycles. The fourth-order valence-electron chi connectivity index (χ4n) is 6.14. The van der Waals surface area contributed by atoms with Gasteiger partial charge in [0.2, 0.25) is 0 Å². The van der Waals surface area contributed by atoms with Crippen LogP contribution in [0.5, 0.6) is 5.75 Å². The molecule has 6 rings (SSSR count). The van der Waals surface area contributed by atoms with Crippen LogP contribution in [0.1, 0.15) is 43.0 Å². The van der Waals surface area contributed by atoms with E-state index < -0.39 is 16.4 Å². The molecular weight excluding hydrogens is 637 g/mol. The molecule has 6 aromatic carbocycles. The van der Waals surface area contributed by atoms with E-state index in [0.717, 1.165) is 17.0 Å². The normalized spacial score (nSPS) is 12.2. The number of ether oxygens (including phenoxy) is 2. The van der Waals surface area contributed by atoms with Crippen LogP contribution in [-0.4, -0.2) is 30.0 Å². The van der Waals surface area contributed by atoms with Crippen molar-refractivity contribution in [1.29, 1.82) is 0 Å². The summed E-state index contributed by atoms with van der Waals surface area (Å²) >= 11 is 1.81. The van der Waals surface area contributed by atoms with Crippen LogP contribution in [0.4, 0.5) is 10.5 Å². The molecule has 0 bridgehead atoms. The summed E-state index contributed by atoms with van der Waals surface area (Å²) in [6.45, 7) is 6.58. The highest BCUT2D eigenvalue weighted by Gasteiger charge is 2.37. The van der Waals surface area contributed by atoms with E-state index in [2.05, 4.69) is 126 Å². The average molecular weight is 681 g/mol. The smallest absolute Gasteiger partial charge is 0.407 e. The Hall–Kier alpha value is -5.20. The van der Waals surface area contributed by atoms with Crippen LogP contribution in [0, 0.1) is 0 Å². The van der Waals surface area contributed by atoms with Crippen molar-refractivity contribution in [2.45, 2.75) is 43.8 Å². The monoisotopic (exact) mass is 680 g/mol. The molecule has 0 spiro atoms. The zero-order valence-corrected chi connectivity index (χ0v) is 29.7. The fraction of sp³-hybridized carbons (Fsp3) is 0.205. The van der Waals surface area contributed by atoms with Gasteiger partial charge in [-0.25, -0.2) is 4.79 Å². The van der Waals surface area contributed by atoms with E-state index in [0.29, 0.717) is 18.9 Å². The van der Waals surface area contributed by atoms with Crippen molar-refractivity contribution in [2.75, 3.05) is 17.6 Å². The van der Waals surface area contributed by atoms with Gasteiger partial charge in [-0.3, -0.25) is 0 Å². The second kappa shape index (κ2) is 16.0. The summed E-state index contributed by atoms with van der Waals surface area (Å²) in [5, 5.41) is 9.13. The number of hydrogen-bond acceptors (Lipinski definition) is 5. The zero-order valence-electron chi connectivity index (χ0n) is 28.8. The molecule has 0 aliphatic rings. The molecule has 6 heteroatoms. The molecule has 0 radical (unpaired) electrons. The second-order valence-electron chi connectivity index (χ2n) is 13.3. The summed E-state index contributed by atoms with van der Waals surface area (Å²) in [6, 6.07) is 54.1. The maximum absolute atomic E-state index is 13.2. The fourth-order valence-corrected chi connectivity index (χ4v) is 7.70. The maximum atomic E-state index is 13.2. The number of nitrogens with one attached hydrogen (secondary N) is 2. The predicted molar refractivity (Wildman–Crippen MR) is 208 cm³/mol. The molecule has 5 nitrogen and oxygen atoms in total. The van der Waals surface area contributed by atoms with E-state index in [1.54, 1.807) is 11.8 Å². The molecule has 0 unspecified atom stereocenters. The van der Waals surface area contributed by atoms with E-state index in [1.165, 1.54) is 27.5 Å².